The first kappa shape index (κ1) is 10.5. The molecule has 0 bridgehead atoms. The molecular formula is C10H18N2O. The Morgan fingerprint density at radius 1 is 1.62 bits per heavy atom. The van der Waals surface area contributed by atoms with Crippen LogP contribution in [0.15, 0.2) is 0 Å². The van der Waals surface area contributed by atoms with Crippen molar-refractivity contribution < 1.29 is 4.74 Å². The van der Waals surface area contributed by atoms with Gasteiger partial charge in [0, 0.05) is 19.2 Å². The second-order valence-electron chi connectivity index (χ2n) is 4.29. The second kappa shape index (κ2) is 4.59. The van der Waals surface area contributed by atoms with Crippen LogP contribution < -0.4 is 5.32 Å². The van der Waals surface area contributed by atoms with Gasteiger partial charge in [0.1, 0.15) is 0 Å². The topological polar surface area (TPSA) is 45.0 Å². The van der Waals surface area contributed by atoms with Crippen LogP contribution in [0.25, 0.3) is 0 Å². The highest BCUT2D eigenvalue weighted by molar-refractivity contribution is 4.94. The normalized spacial score (nSPS) is 23.9. The third-order valence-electron chi connectivity index (χ3n) is 2.30. The van der Waals surface area contributed by atoms with Crippen molar-refractivity contribution in [3.05, 3.63) is 0 Å². The first-order valence-corrected chi connectivity index (χ1v) is 4.86. The molecule has 1 aliphatic heterocycles. The van der Waals surface area contributed by atoms with Gasteiger partial charge in [-0.3, -0.25) is 0 Å². The van der Waals surface area contributed by atoms with E-state index in [0.29, 0.717) is 6.04 Å². The van der Waals surface area contributed by atoms with E-state index in [1.807, 2.05) is 13.8 Å². The van der Waals surface area contributed by atoms with Crippen LogP contribution in [0.3, 0.4) is 0 Å². The molecule has 0 radical (unpaired) electrons. The lowest BCUT2D eigenvalue weighted by Crippen LogP contribution is -2.41. The van der Waals surface area contributed by atoms with Crippen LogP contribution in [0.5, 0.6) is 0 Å². The predicted octanol–water partition coefficient (Wildman–Crippen LogP) is 1.30. The highest BCUT2D eigenvalue weighted by atomic mass is 16.5. The molecule has 0 spiro atoms. The first-order valence-electron chi connectivity index (χ1n) is 4.86. The summed E-state index contributed by atoms with van der Waals surface area (Å²) in [5.41, 5.74) is -0.266. The Balaban J connectivity index is 2.22. The van der Waals surface area contributed by atoms with Crippen molar-refractivity contribution >= 4 is 0 Å². The summed E-state index contributed by atoms with van der Waals surface area (Å²) in [6.07, 6.45) is 2.30. The van der Waals surface area contributed by atoms with Crippen LogP contribution in [-0.2, 0) is 4.74 Å². The minimum Gasteiger partial charge on any atom is -0.380 e. The lowest BCUT2D eigenvalue weighted by atomic mass is 9.95. The Morgan fingerprint density at radius 2 is 2.38 bits per heavy atom. The summed E-state index contributed by atoms with van der Waals surface area (Å²) in [7, 11) is 0. The lowest BCUT2D eigenvalue weighted by molar-refractivity contribution is 0.0684. The van der Waals surface area contributed by atoms with Crippen molar-refractivity contribution in [2.45, 2.75) is 32.7 Å². The summed E-state index contributed by atoms with van der Waals surface area (Å²) in [5, 5.41) is 12.2. The molecule has 0 aromatic heterocycles. The zero-order valence-corrected chi connectivity index (χ0v) is 8.47. The number of hydrogen-bond acceptors (Lipinski definition) is 3. The van der Waals surface area contributed by atoms with Gasteiger partial charge in [-0.1, -0.05) is 0 Å². The van der Waals surface area contributed by atoms with Crippen molar-refractivity contribution in [1.82, 2.24) is 5.32 Å². The third-order valence-corrected chi connectivity index (χ3v) is 2.30. The molecule has 13 heavy (non-hydrogen) atoms. The first-order chi connectivity index (χ1) is 6.14. The summed E-state index contributed by atoms with van der Waals surface area (Å²) >= 11 is 0. The monoisotopic (exact) mass is 182 g/mol. The van der Waals surface area contributed by atoms with Gasteiger partial charge in [-0.15, -0.1) is 0 Å². The van der Waals surface area contributed by atoms with Crippen molar-refractivity contribution in [2.75, 3.05) is 19.8 Å². The fourth-order valence-corrected chi connectivity index (χ4v) is 1.34. The van der Waals surface area contributed by atoms with Gasteiger partial charge >= 0.3 is 0 Å². The van der Waals surface area contributed by atoms with Crippen LogP contribution >= 0.6 is 0 Å². The highest BCUT2D eigenvalue weighted by Gasteiger charge is 2.20. The SMILES string of the molecule is CC(C)(C#N)CNC1CCCOC1. The number of nitrogens with zero attached hydrogens (tertiary/aromatic N) is 1. The molecule has 0 amide bonds. The fraction of sp³-hybridized carbons (Fsp3) is 0.900. The van der Waals surface area contributed by atoms with E-state index in [4.69, 9.17) is 10.00 Å². The molecule has 1 rings (SSSR count). The van der Waals surface area contributed by atoms with Gasteiger partial charge in [0.15, 0.2) is 0 Å². The van der Waals surface area contributed by atoms with Crippen LogP contribution in [-0.4, -0.2) is 25.8 Å². The molecule has 1 aliphatic rings. The highest BCUT2D eigenvalue weighted by Crippen LogP contribution is 2.13. The van der Waals surface area contributed by atoms with Crippen LogP contribution in [0.2, 0.25) is 0 Å². The second-order valence-corrected chi connectivity index (χ2v) is 4.29. The van der Waals surface area contributed by atoms with E-state index in [1.54, 1.807) is 0 Å². The third kappa shape index (κ3) is 3.75. The standard InChI is InChI=1S/C10H18N2O/c1-10(2,7-11)8-12-9-4-3-5-13-6-9/h9,12H,3-6,8H2,1-2H3. The van der Waals surface area contributed by atoms with E-state index in [9.17, 15) is 0 Å². The maximum Gasteiger partial charge on any atom is 0.0697 e. The number of nitriles is 1. The number of ether oxygens (including phenoxy) is 1. The van der Waals surface area contributed by atoms with Gasteiger partial charge in [-0.2, -0.15) is 5.26 Å². The van der Waals surface area contributed by atoms with E-state index in [1.165, 1.54) is 6.42 Å². The molecule has 0 saturated carbocycles. The minimum absolute atomic E-state index is 0.266. The molecule has 3 heteroatoms. The van der Waals surface area contributed by atoms with E-state index >= 15 is 0 Å². The number of rotatable bonds is 3. The van der Waals surface area contributed by atoms with Gasteiger partial charge in [0.2, 0.25) is 0 Å². The lowest BCUT2D eigenvalue weighted by Gasteiger charge is -2.26. The maximum absolute atomic E-state index is 8.80. The van der Waals surface area contributed by atoms with E-state index in [2.05, 4.69) is 11.4 Å². The summed E-state index contributed by atoms with van der Waals surface area (Å²) in [4.78, 5) is 0. The van der Waals surface area contributed by atoms with Gasteiger partial charge < -0.3 is 10.1 Å². The molecule has 1 heterocycles. The summed E-state index contributed by atoms with van der Waals surface area (Å²) in [5.74, 6) is 0. The Labute approximate surface area is 80.1 Å². The Bertz CT molecular complexity index is 190. The van der Waals surface area contributed by atoms with Crippen molar-refractivity contribution in [2.24, 2.45) is 5.41 Å². The van der Waals surface area contributed by atoms with E-state index < -0.39 is 0 Å². The zero-order valence-electron chi connectivity index (χ0n) is 8.47. The van der Waals surface area contributed by atoms with Crippen LogP contribution in [0.4, 0.5) is 0 Å². The largest absolute Gasteiger partial charge is 0.380 e. The van der Waals surface area contributed by atoms with E-state index in [0.717, 1.165) is 26.2 Å². The number of nitrogens with one attached hydrogen (secondary N) is 1. The van der Waals surface area contributed by atoms with Crippen LogP contribution in [0, 0.1) is 16.7 Å². The summed E-state index contributed by atoms with van der Waals surface area (Å²) in [6, 6.07) is 2.72. The van der Waals surface area contributed by atoms with Gasteiger partial charge in [-0.25, -0.2) is 0 Å². The van der Waals surface area contributed by atoms with E-state index in [-0.39, 0.29) is 5.41 Å². The average Bonchev–Trinajstić information content (AvgIpc) is 2.17. The molecule has 74 valence electrons. The quantitative estimate of drug-likeness (QED) is 0.715. The zero-order chi connectivity index (χ0) is 9.73. The van der Waals surface area contributed by atoms with Crippen LogP contribution in [0.1, 0.15) is 26.7 Å². The molecule has 1 unspecified atom stereocenters. The van der Waals surface area contributed by atoms with Gasteiger partial charge in [0.25, 0.3) is 0 Å². The average molecular weight is 182 g/mol. The number of hydrogen-bond donors (Lipinski definition) is 1. The van der Waals surface area contributed by atoms with Crippen molar-refractivity contribution in [3.8, 4) is 6.07 Å². The Kier molecular flexibility index (Phi) is 3.71. The van der Waals surface area contributed by atoms with Gasteiger partial charge in [0.05, 0.1) is 18.1 Å². The predicted molar refractivity (Wildman–Crippen MR) is 51.2 cm³/mol. The molecule has 1 fully saturated rings. The van der Waals surface area contributed by atoms with Crippen molar-refractivity contribution in [1.29, 1.82) is 5.26 Å². The Hall–Kier alpha value is -0.590. The molecule has 0 aliphatic carbocycles. The Morgan fingerprint density at radius 3 is 2.92 bits per heavy atom. The molecule has 1 atom stereocenters. The summed E-state index contributed by atoms with van der Waals surface area (Å²) in [6.45, 7) is 6.33. The molecule has 0 aromatic carbocycles. The smallest absolute Gasteiger partial charge is 0.0697 e. The molecule has 1 N–H and O–H groups in total. The molecule has 0 aromatic rings. The van der Waals surface area contributed by atoms with Crippen molar-refractivity contribution in [3.63, 3.8) is 0 Å². The minimum atomic E-state index is -0.266. The van der Waals surface area contributed by atoms with Gasteiger partial charge in [-0.05, 0) is 26.7 Å². The molecule has 1 saturated heterocycles. The summed E-state index contributed by atoms with van der Waals surface area (Å²) < 4.78 is 5.34. The molecule has 3 nitrogen and oxygen atoms in total. The molecular weight excluding hydrogens is 164 g/mol. The fourth-order valence-electron chi connectivity index (χ4n) is 1.34. The maximum atomic E-state index is 8.80.